The summed E-state index contributed by atoms with van der Waals surface area (Å²) in [6.07, 6.45) is 0.832. The monoisotopic (exact) mass is 556 g/mol. The van der Waals surface area contributed by atoms with E-state index >= 15 is 0 Å². The van der Waals surface area contributed by atoms with Crippen LogP contribution >= 0.6 is 0 Å². The Morgan fingerprint density at radius 1 is 0.595 bits per heavy atom. The summed E-state index contributed by atoms with van der Waals surface area (Å²) in [4.78, 5) is 0. The third-order valence-corrected chi connectivity index (χ3v) is 6.46. The van der Waals surface area contributed by atoms with Crippen molar-refractivity contribution in [2.45, 2.75) is 83.4 Å². The highest BCUT2D eigenvalue weighted by molar-refractivity contribution is 4.96. The van der Waals surface area contributed by atoms with E-state index in [1.807, 2.05) is 41.8 Å². The van der Waals surface area contributed by atoms with Gasteiger partial charge in [0.15, 0.2) is 0 Å². The van der Waals surface area contributed by atoms with Crippen molar-refractivity contribution in [1.82, 2.24) is 0 Å². The van der Waals surface area contributed by atoms with Crippen molar-refractivity contribution >= 4 is 0 Å². The van der Waals surface area contributed by atoms with E-state index in [9.17, 15) is 36.6 Å². The number of alkyl halides is 6. The molecule has 0 aromatic heterocycles. The van der Waals surface area contributed by atoms with Crippen LogP contribution in [0.4, 0.5) is 26.3 Å². The first kappa shape index (κ1) is 36.3. The van der Waals surface area contributed by atoms with Crippen LogP contribution in [0.1, 0.15) is 53.4 Å². The second-order valence-corrected chi connectivity index (χ2v) is 10.8. The maximum atomic E-state index is 14.2. The third-order valence-electron chi connectivity index (χ3n) is 6.46. The fourth-order valence-electron chi connectivity index (χ4n) is 4.97. The SMILES string of the molecule is CCC[N+](C)(CCC)CC(O)COCC(F)(F)C(F)(F)C(F)(F)COCC(O)C[N+](C)(CCC)CCC. The zero-order valence-corrected chi connectivity index (χ0v) is 23.4. The van der Waals surface area contributed by atoms with Crippen molar-refractivity contribution in [3.05, 3.63) is 0 Å². The first-order valence-electron chi connectivity index (χ1n) is 13.3. The number of halogens is 6. The number of hydrogen-bond donors (Lipinski definition) is 2. The van der Waals surface area contributed by atoms with Gasteiger partial charge < -0.3 is 28.7 Å². The molecule has 2 unspecified atom stereocenters. The van der Waals surface area contributed by atoms with E-state index in [0.29, 0.717) is 8.97 Å². The Morgan fingerprint density at radius 3 is 1.11 bits per heavy atom. The summed E-state index contributed by atoms with van der Waals surface area (Å²) in [5.41, 5.74) is 0. The fourth-order valence-corrected chi connectivity index (χ4v) is 4.97. The molecule has 0 amide bonds. The minimum Gasteiger partial charge on any atom is -0.385 e. The van der Waals surface area contributed by atoms with Crippen LogP contribution < -0.4 is 0 Å². The Labute approximate surface area is 218 Å². The number of aliphatic hydroxyl groups is 2. The molecular formula is C25H50F6N2O4+2. The summed E-state index contributed by atoms with van der Waals surface area (Å²) in [6, 6.07) is 0. The Balaban J connectivity index is 4.91. The average molecular weight is 557 g/mol. The smallest absolute Gasteiger partial charge is 0.376 e. The number of ether oxygens (including phenoxy) is 2. The summed E-state index contributed by atoms with van der Waals surface area (Å²) in [6.45, 7) is 5.67. The van der Waals surface area contributed by atoms with Crippen molar-refractivity contribution in [3.63, 3.8) is 0 Å². The molecule has 0 saturated heterocycles. The average Bonchev–Trinajstić information content (AvgIpc) is 2.73. The van der Waals surface area contributed by atoms with Gasteiger partial charge in [-0.3, -0.25) is 0 Å². The molecule has 2 atom stereocenters. The highest BCUT2D eigenvalue weighted by Crippen LogP contribution is 2.46. The number of likely N-dealkylation sites (N-methyl/N-ethyl adjacent to an activating group) is 2. The topological polar surface area (TPSA) is 58.9 Å². The van der Waals surface area contributed by atoms with Crippen LogP contribution in [-0.4, -0.2) is 129 Å². The molecule has 0 spiro atoms. The van der Waals surface area contributed by atoms with Gasteiger partial charge in [-0.05, 0) is 25.7 Å². The lowest BCUT2D eigenvalue weighted by atomic mass is 10.1. The van der Waals surface area contributed by atoms with Crippen LogP contribution in [0.3, 0.4) is 0 Å². The predicted octanol–water partition coefficient (Wildman–Crippen LogP) is 4.18. The van der Waals surface area contributed by atoms with Gasteiger partial charge >= 0.3 is 17.8 Å². The quantitative estimate of drug-likeness (QED) is 0.155. The molecule has 0 aliphatic carbocycles. The Bertz CT molecular complexity index is 566. The summed E-state index contributed by atoms with van der Waals surface area (Å²) in [7, 11) is 3.76. The van der Waals surface area contributed by atoms with Gasteiger partial charge in [-0.15, -0.1) is 0 Å². The van der Waals surface area contributed by atoms with Crippen molar-refractivity contribution in [1.29, 1.82) is 0 Å². The number of rotatable bonds is 22. The summed E-state index contributed by atoms with van der Waals surface area (Å²) in [5.74, 6) is -16.2. The molecule has 0 bridgehead atoms. The van der Waals surface area contributed by atoms with Gasteiger partial charge in [0.1, 0.15) is 38.5 Å². The molecule has 0 aliphatic heterocycles. The van der Waals surface area contributed by atoms with E-state index in [4.69, 9.17) is 0 Å². The molecule has 0 heterocycles. The Hall–Kier alpha value is -0.660. The highest BCUT2D eigenvalue weighted by atomic mass is 19.3. The van der Waals surface area contributed by atoms with Gasteiger partial charge in [0.05, 0.1) is 53.5 Å². The number of hydrogen-bond acceptors (Lipinski definition) is 4. The number of aliphatic hydroxyl groups excluding tert-OH is 2. The second kappa shape index (κ2) is 15.8. The Morgan fingerprint density at radius 2 is 0.865 bits per heavy atom. The molecule has 37 heavy (non-hydrogen) atoms. The molecule has 224 valence electrons. The highest BCUT2D eigenvalue weighted by Gasteiger charge is 2.71. The molecule has 6 nitrogen and oxygen atoms in total. The van der Waals surface area contributed by atoms with Gasteiger partial charge in [0.2, 0.25) is 0 Å². The molecule has 12 heteroatoms. The molecule has 0 aromatic rings. The Kier molecular flexibility index (Phi) is 15.5. The van der Waals surface area contributed by atoms with Crippen molar-refractivity contribution in [2.24, 2.45) is 0 Å². The summed E-state index contributed by atoms with van der Waals surface area (Å²) >= 11 is 0. The molecule has 0 radical (unpaired) electrons. The summed E-state index contributed by atoms with van der Waals surface area (Å²) in [5, 5.41) is 20.3. The van der Waals surface area contributed by atoms with Crippen LogP contribution in [-0.2, 0) is 9.47 Å². The van der Waals surface area contributed by atoms with E-state index < -0.39 is 56.4 Å². The maximum Gasteiger partial charge on any atom is 0.376 e. The molecule has 0 aromatic carbocycles. The van der Waals surface area contributed by atoms with Gasteiger partial charge in [-0.2, -0.15) is 26.3 Å². The minimum atomic E-state index is -5.76. The largest absolute Gasteiger partial charge is 0.385 e. The van der Waals surface area contributed by atoms with Gasteiger partial charge in [0.25, 0.3) is 0 Å². The van der Waals surface area contributed by atoms with E-state index in [1.54, 1.807) is 0 Å². The van der Waals surface area contributed by atoms with Gasteiger partial charge in [0, 0.05) is 0 Å². The standard InChI is InChI=1S/C25H50F6N2O4/c1-7-11-32(5,12-8-2)15-21(34)17-36-19-23(26,27)25(30,31)24(28,29)20-37-18-22(35)16-33(6,13-9-3)14-10-4/h21-22,34-35H,7-20H2,1-6H3/q+2. The molecule has 0 fully saturated rings. The van der Waals surface area contributed by atoms with E-state index in [1.165, 1.54) is 0 Å². The maximum absolute atomic E-state index is 14.2. The lowest BCUT2D eigenvalue weighted by Gasteiger charge is -2.36. The van der Waals surface area contributed by atoms with E-state index in [-0.39, 0.29) is 13.1 Å². The molecule has 0 saturated carbocycles. The van der Waals surface area contributed by atoms with Crippen molar-refractivity contribution < 1.29 is 55.0 Å². The third kappa shape index (κ3) is 11.9. The van der Waals surface area contributed by atoms with Gasteiger partial charge in [-0.1, -0.05) is 27.7 Å². The van der Waals surface area contributed by atoms with Crippen LogP contribution in [0.2, 0.25) is 0 Å². The van der Waals surface area contributed by atoms with E-state index in [0.717, 1.165) is 51.9 Å². The lowest BCUT2D eigenvalue weighted by molar-refractivity contribution is -0.912. The minimum absolute atomic E-state index is 0.157. The van der Waals surface area contributed by atoms with Crippen molar-refractivity contribution in [3.8, 4) is 0 Å². The van der Waals surface area contributed by atoms with Crippen molar-refractivity contribution in [2.75, 3.05) is 79.8 Å². The molecule has 0 aliphatic rings. The first-order chi connectivity index (χ1) is 16.9. The van der Waals surface area contributed by atoms with Crippen LogP contribution in [0.5, 0.6) is 0 Å². The van der Waals surface area contributed by atoms with Crippen LogP contribution in [0, 0.1) is 0 Å². The predicted molar refractivity (Wildman–Crippen MR) is 131 cm³/mol. The molecular weight excluding hydrogens is 506 g/mol. The zero-order valence-electron chi connectivity index (χ0n) is 23.4. The number of nitrogens with zero attached hydrogens (tertiary/aromatic N) is 2. The van der Waals surface area contributed by atoms with Crippen LogP contribution in [0.25, 0.3) is 0 Å². The summed E-state index contributed by atoms with van der Waals surface area (Å²) < 4.78 is 95.0. The first-order valence-corrected chi connectivity index (χ1v) is 13.3. The molecule has 0 rings (SSSR count). The van der Waals surface area contributed by atoms with Crippen LogP contribution in [0.15, 0.2) is 0 Å². The normalized spacial score (nSPS) is 15.7. The number of quaternary nitrogens is 2. The van der Waals surface area contributed by atoms with Gasteiger partial charge in [-0.25, -0.2) is 0 Å². The second-order valence-electron chi connectivity index (χ2n) is 10.8. The lowest BCUT2D eigenvalue weighted by Crippen LogP contribution is -2.58. The molecule has 2 N–H and O–H groups in total. The zero-order chi connectivity index (χ0) is 29.0. The fraction of sp³-hybridized carbons (Fsp3) is 1.00. The van der Waals surface area contributed by atoms with E-state index in [2.05, 4.69) is 9.47 Å².